The van der Waals surface area contributed by atoms with Gasteiger partial charge in [-0.25, -0.2) is 0 Å². The van der Waals surface area contributed by atoms with E-state index in [1.807, 2.05) is 103 Å². The Labute approximate surface area is 200 Å². The lowest BCUT2D eigenvalue weighted by atomic mass is 9.93. The Balaban J connectivity index is 0.00000306. The second kappa shape index (κ2) is 11.4. The van der Waals surface area contributed by atoms with Crippen LogP contribution >= 0.6 is 12.4 Å². The van der Waals surface area contributed by atoms with Crippen molar-refractivity contribution in [3.05, 3.63) is 119 Å². The fourth-order valence-corrected chi connectivity index (χ4v) is 3.89. The highest BCUT2D eigenvalue weighted by Gasteiger charge is 2.31. The van der Waals surface area contributed by atoms with Gasteiger partial charge in [0.05, 0.1) is 6.04 Å². The normalized spacial score (nSPS) is 17.0. The molecule has 4 rings (SSSR count). The molecule has 1 saturated heterocycles. The molecule has 5 heteroatoms. The van der Waals surface area contributed by atoms with E-state index < -0.39 is 6.04 Å². The molecule has 3 aromatic carbocycles. The predicted octanol–water partition coefficient (Wildman–Crippen LogP) is 4.56. The van der Waals surface area contributed by atoms with Crippen molar-refractivity contribution in [1.82, 2.24) is 4.90 Å². The molecule has 0 bridgehead atoms. The van der Waals surface area contributed by atoms with Crippen molar-refractivity contribution < 1.29 is 9.59 Å². The Bertz CT molecular complexity index is 1080. The lowest BCUT2D eigenvalue weighted by Gasteiger charge is -2.32. The van der Waals surface area contributed by atoms with Crippen molar-refractivity contribution in [2.24, 2.45) is 5.73 Å². The van der Waals surface area contributed by atoms with Crippen LogP contribution in [-0.4, -0.2) is 35.7 Å². The van der Waals surface area contributed by atoms with E-state index in [1.54, 1.807) is 4.90 Å². The van der Waals surface area contributed by atoms with Gasteiger partial charge in [-0.3, -0.25) is 9.59 Å². The second-order valence-electron chi connectivity index (χ2n) is 7.98. The maximum atomic E-state index is 13.3. The number of likely N-dealkylation sites (tertiary alicyclic amines) is 1. The number of carbonyl (C=O) groups excluding carboxylic acids is 2. The van der Waals surface area contributed by atoms with E-state index in [9.17, 15) is 9.59 Å². The Kier molecular flexibility index (Phi) is 8.36. The highest BCUT2D eigenvalue weighted by Crippen LogP contribution is 2.23. The Hall–Kier alpha value is -3.47. The number of halogens is 1. The number of rotatable bonds is 5. The third-order valence-corrected chi connectivity index (χ3v) is 5.51. The number of ketones is 1. The summed E-state index contributed by atoms with van der Waals surface area (Å²) >= 11 is 0. The van der Waals surface area contributed by atoms with E-state index in [2.05, 4.69) is 0 Å². The van der Waals surface area contributed by atoms with Crippen molar-refractivity contribution in [3.63, 3.8) is 0 Å². The molecule has 1 aliphatic rings. The molecule has 0 saturated carbocycles. The minimum atomic E-state index is -0.665. The highest BCUT2D eigenvalue weighted by atomic mass is 35.5. The number of benzene rings is 3. The number of amides is 1. The monoisotopic (exact) mass is 458 g/mol. The van der Waals surface area contributed by atoms with Crippen LogP contribution in [0.5, 0.6) is 0 Å². The molecule has 0 aromatic heterocycles. The lowest BCUT2D eigenvalue weighted by molar-refractivity contribution is -0.132. The van der Waals surface area contributed by atoms with E-state index in [1.165, 1.54) is 0 Å². The molecule has 4 nitrogen and oxygen atoms in total. The number of nitrogens with zero attached hydrogens (tertiary/aromatic N) is 1. The molecule has 1 fully saturated rings. The molecular formula is C28H27ClN2O2. The third-order valence-electron chi connectivity index (χ3n) is 5.51. The maximum absolute atomic E-state index is 13.3. The van der Waals surface area contributed by atoms with Crippen LogP contribution in [0.15, 0.2) is 102 Å². The number of carbonyl (C=O) groups is 2. The van der Waals surface area contributed by atoms with E-state index in [4.69, 9.17) is 5.73 Å². The van der Waals surface area contributed by atoms with Gasteiger partial charge >= 0.3 is 0 Å². The molecule has 1 unspecified atom stereocenters. The number of Topliss-reactive ketones (excluding diaryl/α,β-unsaturated/α-hetero) is 1. The summed E-state index contributed by atoms with van der Waals surface area (Å²) in [4.78, 5) is 28.2. The Morgan fingerprint density at radius 1 is 0.788 bits per heavy atom. The highest BCUT2D eigenvalue weighted by molar-refractivity contribution is 6.15. The van der Waals surface area contributed by atoms with Crippen LogP contribution in [0.1, 0.15) is 16.7 Å². The van der Waals surface area contributed by atoms with Gasteiger partial charge in [0.25, 0.3) is 0 Å². The topological polar surface area (TPSA) is 63.4 Å². The van der Waals surface area contributed by atoms with Crippen LogP contribution in [0, 0.1) is 0 Å². The van der Waals surface area contributed by atoms with Crippen LogP contribution in [0.2, 0.25) is 0 Å². The van der Waals surface area contributed by atoms with E-state index >= 15 is 0 Å². The van der Waals surface area contributed by atoms with Gasteiger partial charge in [-0.15, -0.1) is 12.4 Å². The first kappa shape index (κ1) is 24.2. The number of hydrogen-bond acceptors (Lipinski definition) is 3. The number of nitrogens with two attached hydrogens (primary N) is 1. The van der Waals surface area contributed by atoms with Gasteiger partial charge < -0.3 is 10.6 Å². The van der Waals surface area contributed by atoms with Crippen LogP contribution in [0.4, 0.5) is 0 Å². The molecule has 1 heterocycles. The molecule has 3 aromatic rings. The van der Waals surface area contributed by atoms with Crippen LogP contribution in [-0.2, 0) is 16.0 Å². The molecule has 2 N–H and O–H groups in total. The van der Waals surface area contributed by atoms with Crippen LogP contribution in [0.25, 0.3) is 12.2 Å². The molecule has 1 aliphatic heterocycles. The average molecular weight is 459 g/mol. The zero-order valence-corrected chi connectivity index (χ0v) is 19.1. The number of piperidine rings is 1. The predicted molar refractivity (Wildman–Crippen MR) is 136 cm³/mol. The van der Waals surface area contributed by atoms with E-state index in [0.717, 1.165) is 16.7 Å². The summed E-state index contributed by atoms with van der Waals surface area (Å²) in [5.74, 6) is -0.183. The van der Waals surface area contributed by atoms with E-state index in [0.29, 0.717) is 17.6 Å². The van der Waals surface area contributed by atoms with Crippen molar-refractivity contribution in [2.75, 3.05) is 13.1 Å². The van der Waals surface area contributed by atoms with Gasteiger partial charge in [-0.05, 0) is 35.3 Å². The summed E-state index contributed by atoms with van der Waals surface area (Å²) in [6.07, 6.45) is 4.19. The van der Waals surface area contributed by atoms with E-state index in [-0.39, 0.29) is 37.2 Å². The van der Waals surface area contributed by atoms with Crippen molar-refractivity contribution >= 4 is 36.2 Å². The molecule has 0 spiro atoms. The van der Waals surface area contributed by atoms with Gasteiger partial charge in [0, 0.05) is 24.2 Å². The molecule has 1 amide bonds. The van der Waals surface area contributed by atoms with Crippen LogP contribution in [0.3, 0.4) is 0 Å². The van der Waals surface area contributed by atoms with Gasteiger partial charge in [0.1, 0.15) is 0 Å². The summed E-state index contributed by atoms with van der Waals surface area (Å²) in [5, 5.41) is 0. The zero-order chi connectivity index (χ0) is 22.3. The van der Waals surface area contributed by atoms with Crippen molar-refractivity contribution in [2.45, 2.75) is 12.5 Å². The fraction of sp³-hybridized carbons (Fsp3) is 0.143. The number of hydrogen-bond donors (Lipinski definition) is 1. The zero-order valence-electron chi connectivity index (χ0n) is 18.3. The molecular weight excluding hydrogens is 432 g/mol. The minimum Gasteiger partial charge on any atom is -0.332 e. The first-order valence-electron chi connectivity index (χ1n) is 10.7. The maximum Gasteiger partial charge on any atom is 0.240 e. The smallest absolute Gasteiger partial charge is 0.240 e. The van der Waals surface area contributed by atoms with Gasteiger partial charge in [0.2, 0.25) is 5.91 Å². The Morgan fingerprint density at radius 2 is 1.21 bits per heavy atom. The summed E-state index contributed by atoms with van der Waals surface area (Å²) < 4.78 is 0. The molecule has 1 atom stereocenters. The quantitative estimate of drug-likeness (QED) is 0.570. The summed E-state index contributed by atoms with van der Waals surface area (Å²) in [7, 11) is 0. The van der Waals surface area contributed by atoms with Gasteiger partial charge in [0.15, 0.2) is 5.78 Å². The molecule has 0 aliphatic carbocycles. The van der Waals surface area contributed by atoms with Crippen LogP contribution < -0.4 is 5.73 Å². The minimum absolute atomic E-state index is 0. The lowest BCUT2D eigenvalue weighted by Crippen LogP contribution is -2.49. The van der Waals surface area contributed by atoms with Crippen molar-refractivity contribution in [3.8, 4) is 0 Å². The SMILES string of the molecule is Cl.NC(Cc1ccccc1)C(=O)N1CC(=Cc2ccccc2)C(=O)C(=Cc2ccccc2)C1. The average Bonchev–Trinajstić information content (AvgIpc) is 2.83. The largest absolute Gasteiger partial charge is 0.332 e. The molecule has 0 radical (unpaired) electrons. The first-order valence-corrected chi connectivity index (χ1v) is 10.7. The third kappa shape index (κ3) is 6.28. The summed E-state index contributed by atoms with van der Waals surface area (Å²) in [6, 6.07) is 28.5. The second-order valence-corrected chi connectivity index (χ2v) is 7.98. The van der Waals surface area contributed by atoms with Crippen molar-refractivity contribution in [1.29, 1.82) is 0 Å². The first-order chi connectivity index (χ1) is 15.6. The molecule has 168 valence electrons. The standard InChI is InChI=1S/C28H26N2O2.ClH/c29-26(18-23-14-8-3-9-15-23)28(32)30-19-24(16-21-10-4-1-5-11-21)27(31)25(20-30)17-22-12-6-2-7-13-22;/h1-17,26H,18-20,29H2;1H. The molecule has 33 heavy (non-hydrogen) atoms. The summed E-state index contributed by atoms with van der Waals surface area (Å²) in [6.45, 7) is 0.502. The fourth-order valence-electron chi connectivity index (χ4n) is 3.89. The van der Waals surface area contributed by atoms with Gasteiger partial charge in [-0.1, -0.05) is 91.0 Å². The Morgan fingerprint density at radius 3 is 1.67 bits per heavy atom. The summed E-state index contributed by atoms with van der Waals surface area (Å²) in [5.41, 5.74) is 10.3. The van der Waals surface area contributed by atoms with Gasteiger partial charge in [-0.2, -0.15) is 0 Å².